The summed E-state index contributed by atoms with van der Waals surface area (Å²) < 4.78 is 4.77. The predicted octanol–water partition coefficient (Wildman–Crippen LogP) is -0.0403. The van der Waals surface area contributed by atoms with Gasteiger partial charge in [0.1, 0.15) is 5.56 Å². The molecule has 0 saturated heterocycles. The van der Waals surface area contributed by atoms with Gasteiger partial charge in [-0.05, 0) is 12.1 Å². The van der Waals surface area contributed by atoms with Crippen molar-refractivity contribution in [2.45, 2.75) is 6.10 Å². The quantitative estimate of drug-likeness (QED) is 0.365. The number of hydrogen-bond acceptors (Lipinski definition) is 7. The van der Waals surface area contributed by atoms with Gasteiger partial charge in [0.2, 0.25) is 0 Å². The van der Waals surface area contributed by atoms with E-state index >= 15 is 0 Å². The number of anilines is 1. The second-order valence-electron chi connectivity index (χ2n) is 4.43. The number of nitro groups is 1. The lowest BCUT2D eigenvalue weighted by atomic mass is 10.1. The van der Waals surface area contributed by atoms with Crippen LogP contribution in [-0.2, 0) is 4.74 Å². The Morgan fingerprint density at radius 3 is 2.81 bits per heavy atom. The van der Waals surface area contributed by atoms with Crippen molar-refractivity contribution < 1.29 is 19.6 Å². The number of nitro benzene ring substituents is 1. The number of rotatable bonds is 7. The van der Waals surface area contributed by atoms with E-state index in [-0.39, 0.29) is 24.4 Å². The van der Waals surface area contributed by atoms with Crippen LogP contribution in [0.1, 0.15) is 10.4 Å². The number of amides is 1. The summed E-state index contributed by atoms with van der Waals surface area (Å²) >= 11 is 0. The molecule has 116 valence electrons. The van der Waals surface area contributed by atoms with Gasteiger partial charge in [-0.2, -0.15) is 0 Å². The van der Waals surface area contributed by atoms with Crippen LogP contribution in [0.5, 0.6) is 0 Å². The highest BCUT2D eigenvalue weighted by molar-refractivity contribution is 5.99. The molecule has 0 aliphatic carbocycles. The van der Waals surface area contributed by atoms with E-state index in [1.165, 1.54) is 37.3 Å². The number of nitrogens with one attached hydrogen (secondary N) is 1. The van der Waals surface area contributed by atoms with Gasteiger partial charge in [-0.15, -0.1) is 0 Å². The van der Waals surface area contributed by atoms with Crippen molar-refractivity contribution in [3.63, 3.8) is 0 Å². The standard InChI is InChI=1S/C12H18N4O5/c1-15(6-9(17)7-21-2)12(18)10-5-8(14-13)3-4-11(10)16(19)20/h3-5,9,14,17H,6-7,13H2,1-2H3. The van der Waals surface area contributed by atoms with E-state index in [1.54, 1.807) is 0 Å². The maximum Gasteiger partial charge on any atom is 0.282 e. The smallest absolute Gasteiger partial charge is 0.282 e. The maximum absolute atomic E-state index is 12.3. The highest BCUT2D eigenvalue weighted by Crippen LogP contribution is 2.23. The minimum atomic E-state index is -0.876. The second-order valence-corrected chi connectivity index (χ2v) is 4.43. The number of benzene rings is 1. The average molecular weight is 298 g/mol. The molecule has 0 heterocycles. The summed E-state index contributed by atoms with van der Waals surface area (Å²) in [6.07, 6.45) is -0.876. The van der Waals surface area contributed by atoms with E-state index in [0.717, 1.165) is 0 Å². The lowest BCUT2D eigenvalue weighted by Gasteiger charge is -2.20. The summed E-state index contributed by atoms with van der Waals surface area (Å²) in [7, 11) is 2.86. The second kappa shape index (κ2) is 7.53. The van der Waals surface area contributed by atoms with E-state index < -0.39 is 16.9 Å². The third kappa shape index (κ3) is 4.38. The fourth-order valence-electron chi connectivity index (χ4n) is 1.81. The van der Waals surface area contributed by atoms with Crippen molar-refractivity contribution in [1.82, 2.24) is 4.90 Å². The number of aliphatic hydroxyl groups excluding tert-OH is 1. The third-order valence-corrected chi connectivity index (χ3v) is 2.78. The lowest BCUT2D eigenvalue weighted by molar-refractivity contribution is -0.385. The van der Waals surface area contributed by atoms with Crippen LogP contribution >= 0.6 is 0 Å². The Balaban J connectivity index is 3.01. The molecular weight excluding hydrogens is 280 g/mol. The summed E-state index contributed by atoms with van der Waals surface area (Å²) in [4.78, 5) is 23.8. The number of nitrogens with two attached hydrogens (primary N) is 1. The van der Waals surface area contributed by atoms with Crippen molar-refractivity contribution in [1.29, 1.82) is 0 Å². The Morgan fingerprint density at radius 2 is 2.29 bits per heavy atom. The number of carbonyl (C=O) groups excluding carboxylic acids is 1. The summed E-state index contributed by atoms with van der Waals surface area (Å²) in [5.41, 5.74) is 2.26. The SMILES string of the molecule is COCC(O)CN(C)C(=O)c1cc(NN)ccc1[N+](=O)[O-]. The van der Waals surface area contributed by atoms with Crippen molar-refractivity contribution >= 4 is 17.3 Å². The number of hydrazine groups is 1. The van der Waals surface area contributed by atoms with E-state index in [0.29, 0.717) is 5.69 Å². The molecule has 1 aromatic carbocycles. The maximum atomic E-state index is 12.3. The van der Waals surface area contributed by atoms with Crippen LogP contribution in [0, 0.1) is 10.1 Å². The Bertz CT molecular complexity index is 522. The number of aliphatic hydroxyl groups is 1. The predicted molar refractivity (Wildman–Crippen MR) is 75.7 cm³/mol. The van der Waals surface area contributed by atoms with Crippen molar-refractivity contribution in [3.05, 3.63) is 33.9 Å². The molecule has 1 atom stereocenters. The molecular formula is C12H18N4O5. The number of carbonyl (C=O) groups is 1. The normalized spacial score (nSPS) is 11.8. The molecule has 1 amide bonds. The van der Waals surface area contributed by atoms with E-state index in [1.807, 2.05) is 0 Å². The van der Waals surface area contributed by atoms with Gasteiger partial charge in [0.15, 0.2) is 0 Å². The highest BCUT2D eigenvalue weighted by Gasteiger charge is 2.24. The van der Waals surface area contributed by atoms with Gasteiger partial charge >= 0.3 is 0 Å². The number of ether oxygens (including phenoxy) is 1. The zero-order chi connectivity index (χ0) is 16.0. The van der Waals surface area contributed by atoms with E-state index in [9.17, 15) is 20.0 Å². The fraction of sp³-hybridized carbons (Fsp3) is 0.417. The van der Waals surface area contributed by atoms with Crippen molar-refractivity contribution in [2.75, 3.05) is 32.7 Å². The molecule has 1 unspecified atom stereocenters. The molecule has 0 radical (unpaired) electrons. The lowest BCUT2D eigenvalue weighted by Crippen LogP contribution is -2.36. The first-order valence-corrected chi connectivity index (χ1v) is 6.08. The first-order valence-electron chi connectivity index (χ1n) is 6.08. The molecule has 0 aliphatic heterocycles. The average Bonchev–Trinajstić information content (AvgIpc) is 2.45. The summed E-state index contributed by atoms with van der Waals surface area (Å²) in [6, 6.07) is 3.89. The van der Waals surface area contributed by atoms with Gasteiger partial charge < -0.3 is 20.2 Å². The number of methoxy groups -OCH3 is 1. The molecule has 0 aliphatic rings. The molecule has 4 N–H and O–H groups in total. The van der Waals surface area contributed by atoms with Crippen LogP contribution < -0.4 is 11.3 Å². The molecule has 0 spiro atoms. The van der Waals surface area contributed by atoms with Crippen molar-refractivity contribution in [3.8, 4) is 0 Å². The molecule has 9 nitrogen and oxygen atoms in total. The molecule has 0 bridgehead atoms. The number of nitrogen functional groups attached to an aromatic ring is 1. The van der Waals surface area contributed by atoms with Crippen LogP contribution in [0.15, 0.2) is 18.2 Å². The first-order chi connectivity index (χ1) is 9.90. The first kappa shape index (κ1) is 16.8. The molecule has 0 saturated carbocycles. The topological polar surface area (TPSA) is 131 Å². The van der Waals surface area contributed by atoms with Gasteiger partial charge in [0.05, 0.1) is 17.6 Å². The Kier molecular flexibility index (Phi) is 6.03. The molecule has 1 aromatic rings. The molecule has 0 fully saturated rings. The van der Waals surface area contributed by atoms with Gasteiger partial charge in [-0.25, -0.2) is 0 Å². The molecule has 1 rings (SSSR count). The van der Waals surface area contributed by atoms with Crippen molar-refractivity contribution in [2.24, 2.45) is 5.84 Å². The summed E-state index contributed by atoms with van der Waals surface area (Å²) in [5.74, 6) is 4.65. The minimum absolute atomic E-state index is 0.00981. The van der Waals surface area contributed by atoms with Crippen LogP contribution in [0.4, 0.5) is 11.4 Å². The monoisotopic (exact) mass is 298 g/mol. The van der Waals surface area contributed by atoms with Gasteiger partial charge in [0, 0.05) is 32.5 Å². The largest absolute Gasteiger partial charge is 0.389 e. The zero-order valence-corrected chi connectivity index (χ0v) is 11.8. The highest BCUT2D eigenvalue weighted by atomic mass is 16.6. The fourth-order valence-corrected chi connectivity index (χ4v) is 1.81. The van der Waals surface area contributed by atoms with Gasteiger partial charge in [-0.1, -0.05) is 0 Å². The molecule has 9 heteroatoms. The van der Waals surface area contributed by atoms with E-state index in [4.69, 9.17) is 10.6 Å². The Morgan fingerprint density at radius 1 is 1.62 bits per heavy atom. The van der Waals surface area contributed by atoms with Gasteiger partial charge in [0.25, 0.3) is 11.6 Å². The van der Waals surface area contributed by atoms with Crippen LogP contribution in [0.3, 0.4) is 0 Å². The Hall–Kier alpha value is -2.23. The summed E-state index contributed by atoms with van der Waals surface area (Å²) in [5, 5.41) is 20.6. The van der Waals surface area contributed by atoms with Gasteiger partial charge in [-0.3, -0.25) is 20.8 Å². The van der Waals surface area contributed by atoms with Crippen LogP contribution in [0.2, 0.25) is 0 Å². The van der Waals surface area contributed by atoms with E-state index in [2.05, 4.69) is 5.43 Å². The minimum Gasteiger partial charge on any atom is -0.389 e. The third-order valence-electron chi connectivity index (χ3n) is 2.78. The number of likely N-dealkylation sites (N-methyl/N-ethyl adjacent to an activating group) is 1. The van der Waals surface area contributed by atoms with Crippen LogP contribution in [-0.4, -0.2) is 54.3 Å². The molecule has 21 heavy (non-hydrogen) atoms. The van der Waals surface area contributed by atoms with Crippen LogP contribution in [0.25, 0.3) is 0 Å². The number of nitrogens with zero attached hydrogens (tertiary/aromatic N) is 2. The Labute approximate surface area is 121 Å². The summed E-state index contributed by atoms with van der Waals surface area (Å²) in [6.45, 7) is 0.0498. The number of hydrogen-bond donors (Lipinski definition) is 3. The zero-order valence-electron chi connectivity index (χ0n) is 11.8. The molecule has 0 aromatic heterocycles.